The molecule has 4 rings (SSSR count). The highest BCUT2D eigenvalue weighted by atomic mass is 79.9. The molecule has 0 saturated carbocycles. The Labute approximate surface area is 195 Å². The van der Waals surface area contributed by atoms with Gasteiger partial charge in [-0.2, -0.15) is 0 Å². The van der Waals surface area contributed by atoms with Crippen LogP contribution < -0.4 is 0 Å². The molecule has 1 amide bonds. The van der Waals surface area contributed by atoms with E-state index in [0.29, 0.717) is 6.04 Å². The average molecular weight is 534 g/mol. The summed E-state index contributed by atoms with van der Waals surface area (Å²) in [5.41, 5.74) is 2.95. The topological polar surface area (TPSA) is 32.8 Å². The molecule has 0 aromatic heterocycles. The van der Waals surface area contributed by atoms with Gasteiger partial charge in [0.25, 0.3) is 5.91 Å². The van der Waals surface area contributed by atoms with Gasteiger partial charge >= 0.3 is 0 Å². The fourth-order valence-electron chi connectivity index (χ4n) is 4.12. The lowest BCUT2D eigenvalue weighted by Gasteiger charge is -2.40. The molecular formula is C24H26Br2N2O2. The van der Waals surface area contributed by atoms with Crippen molar-refractivity contribution >= 4 is 49.9 Å². The number of morpholine rings is 1. The lowest BCUT2D eigenvalue weighted by atomic mass is 10.0. The molecule has 0 N–H and O–H groups in total. The van der Waals surface area contributed by atoms with Crippen molar-refractivity contribution in [1.29, 1.82) is 0 Å². The van der Waals surface area contributed by atoms with Crippen LogP contribution in [0.4, 0.5) is 0 Å². The van der Waals surface area contributed by atoms with Crippen molar-refractivity contribution in [2.75, 3.05) is 39.4 Å². The monoisotopic (exact) mass is 532 g/mol. The predicted molar refractivity (Wildman–Crippen MR) is 129 cm³/mol. The number of carbonyl (C=O) groups is 1. The van der Waals surface area contributed by atoms with Crippen molar-refractivity contribution in [3.63, 3.8) is 0 Å². The second-order valence-corrected chi connectivity index (χ2v) is 9.56. The van der Waals surface area contributed by atoms with Crippen LogP contribution in [0.15, 0.2) is 51.4 Å². The molecule has 0 bridgehead atoms. The average Bonchev–Trinajstić information content (AvgIpc) is 2.79. The summed E-state index contributed by atoms with van der Waals surface area (Å²) < 4.78 is 7.54. The van der Waals surface area contributed by atoms with Gasteiger partial charge in [-0.1, -0.05) is 62.2 Å². The summed E-state index contributed by atoms with van der Waals surface area (Å²) in [4.78, 5) is 17.4. The van der Waals surface area contributed by atoms with Crippen molar-refractivity contribution in [2.24, 2.45) is 0 Å². The van der Waals surface area contributed by atoms with Crippen LogP contribution in [0, 0.1) is 0 Å². The third-order valence-corrected chi connectivity index (χ3v) is 7.07. The number of nitrogens with zero attached hydrogens (tertiary/aromatic N) is 2. The van der Waals surface area contributed by atoms with Crippen LogP contribution in [-0.4, -0.2) is 61.1 Å². The molecule has 158 valence electrons. The summed E-state index contributed by atoms with van der Waals surface area (Å²) in [6.07, 6.45) is 6.24. The molecule has 4 nitrogen and oxygen atoms in total. The second kappa shape index (κ2) is 10.2. The molecule has 2 saturated heterocycles. The molecule has 2 heterocycles. The Morgan fingerprint density at radius 2 is 1.63 bits per heavy atom. The van der Waals surface area contributed by atoms with Crippen molar-refractivity contribution in [1.82, 2.24) is 9.80 Å². The Morgan fingerprint density at radius 3 is 2.30 bits per heavy atom. The molecular weight excluding hydrogens is 508 g/mol. The number of ether oxygens (including phenoxy) is 1. The first-order valence-corrected chi connectivity index (χ1v) is 12.0. The minimum Gasteiger partial charge on any atom is -0.379 e. The van der Waals surface area contributed by atoms with E-state index in [-0.39, 0.29) is 5.91 Å². The normalized spacial score (nSPS) is 18.8. The zero-order chi connectivity index (χ0) is 20.9. The first kappa shape index (κ1) is 21.8. The summed E-state index contributed by atoms with van der Waals surface area (Å²) in [5, 5.41) is 0. The molecule has 0 radical (unpaired) electrons. The minimum absolute atomic E-state index is 0.140. The Hall–Kier alpha value is -1.47. The molecule has 2 aliphatic rings. The number of halogens is 2. The van der Waals surface area contributed by atoms with Gasteiger partial charge in [0.05, 0.1) is 13.2 Å². The largest absolute Gasteiger partial charge is 0.379 e. The van der Waals surface area contributed by atoms with E-state index >= 15 is 0 Å². The zero-order valence-corrected chi connectivity index (χ0v) is 20.1. The fourth-order valence-corrected chi connectivity index (χ4v) is 5.30. The van der Waals surface area contributed by atoms with E-state index in [1.807, 2.05) is 41.3 Å². The van der Waals surface area contributed by atoms with E-state index in [2.05, 4.69) is 55.0 Å². The van der Waals surface area contributed by atoms with Gasteiger partial charge in [-0.05, 0) is 48.2 Å². The van der Waals surface area contributed by atoms with Gasteiger partial charge in [0.1, 0.15) is 0 Å². The highest BCUT2D eigenvalue weighted by Gasteiger charge is 2.28. The van der Waals surface area contributed by atoms with Gasteiger partial charge in [-0.3, -0.25) is 9.69 Å². The summed E-state index contributed by atoms with van der Waals surface area (Å²) in [6.45, 7) is 5.37. The van der Waals surface area contributed by atoms with Crippen LogP contribution in [0.5, 0.6) is 0 Å². The van der Waals surface area contributed by atoms with Crippen LogP contribution in [-0.2, 0) is 4.74 Å². The first-order valence-electron chi connectivity index (χ1n) is 10.4. The third kappa shape index (κ3) is 5.41. The minimum atomic E-state index is 0.140. The zero-order valence-electron chi connectivity index (χ0n) is 16.9. The van der Waals surface area contributed by atoms with E-state index < -0.39 is 0 Å². The molecule has 0 unspecified atom stereocenters. The van der Waals surface area contributed by atoms with E-state index in [4.69, 9.17) is 4.74 Å². The fraction of sp³-hybridized carbons (Fsp3) is 0.375. The Bertz CT molecular complexity index is 900. The molecule has 2 fully saturated rings. The van der Waals surface area contributed by atoms with Crippen molar-refractivity contribution in [3.8, 4) is 0 Å². The lowest BCUT2D eigenvalue weighted by Crippen LogP contribution is -2.50. The van der Waals surface area contributed by atoms with Crippen molar-refractivity contribution < 1.29 is 9.53 Å². The Kier molecular flexibility index (Phi) is 7.41. The summed E-state index contributed by atoms with van der Waals surface area (Å²) in [6, 6.07) is 14.6. The van der Waals surface area contributed by atoms with Crippen LogP contribution >= 0.6 is 31.9 Å². The quantitative estimate of drug-likeness (QED) is 0.499. The molecule has 0 atom stereocenters. The number of benzene rings is 2. The summed E-state index contributed by atoms with van der Waals surface area (Å²) >= 11 is 7.06. The van der Waals surface area contributed by atoms with Gasteiger partial charge in [0.2, 0.25) is 0 Å². The van der Waals surface area contributed by atoms with Gasteiger partial charge in [-0.25, -0.2) is 0 Å². The summed E-state index contributed by atoms with van der Waals surface area (Å²) in [7, 11) is 0. The lowest BCUT2D eigenvalue weighted by molar-refractivity contribution is 0.00159. The van der Waals surface area contributed by atoms with Gasteiger partial charge < -0.3 is 9.64 Å². The highest BCUT2D eigenvalue weighted by molar-refractivity contribution is 9.11. The van der Waals surface area contributed by atoms with Gasteiger partial charge in [-0.15, -0.1) is 0 Å². The Morgan fingerprint density at radius 1 is 0.933 bits per heavy atom. The summed E-state index contributed by atoms with van der Waals surface area (Å²) in [5.74, 6) is 0.140. The van der Waals surface area contributed by atoms with E-state index in [1.54, 1.807) is 0 Å². The predicted octanol–water partition coefficient (Wildman–Crippen LogP) is 5.32. The molecule has 2 aromatic carbocycles. The van der Waals surface area contributed by atoms with Crippen LogP contribution in [0.25, 0.3) is 12.2 Å². The van der Waals surface area contributed by atoms with Crippen LogP contribution in [0.1, 0.15) is 34.3 Å². The highest BCUT2D eigenvalue weighted by Crippen LogP contribution is 2.24. The molecule has 0 spiro atoms. The molecule has 2 aliphatic heterocycles. The van der Waals surface area contributed by atoms with Crippen molar-refractivity contribution in [2.45, 2.75) is 18.9 Å². The van der Waals surface area contributed by atoms with Gasteiger partial charge in [0.15, 0.2) is 0 Å². The Balaban J connectivity index is 1.33. The van der Waals surface area contributed by atoms with Crippen LogP contribution in [0.2, 0.25) is 0 Å². The smallest absolute Gasteiger partial charge is 0.253 e. The number of rotatable bonds is 4. The maximum Gasteiger partial charge on any atom is 0.253 e. The standard InChI is InChI=1S/C24H26Br2N2O2/c25-21-8-7-19(23(26)17-21)4-1-18-2-5-20(6-3-18)24(29)28-11-9-22(10-12-28)27-13-15-30-16-14-27/h1-8,17,22H,9-16H2/b4-1+. The maximum absolute atomic E-state index is 12.9. The number of likely N-dealkylation sites (tertiary alicyclic amines) is 1. The maximum atomic E-state index is 12.9. The first-order chi connectivity index (χ1) is 14.6. The van der Waals surface area contributed by atoms with E-state index in [0.717, 1.165) is 77.9 Å². The SMILES string of the molecule is O=C(c1ccc(/C=C/c2ccc(Br)cc2Br)cc1)N1CCC(N2CCOCC2)CC1. The number of hydrogen-bond acceptors (Lipinski definition) is 3. The molecule has 30 heavy (non-hydrogen) atoms. The number of carbonyl (C=O) groups excluding carboxylic acids is 1. The number of amides is 1. The molecule has 0 aliphatic carbocycles. The van der Waals surface area contributed by atoms with E-state index in [9.17, 15) is 4.79 Å². The number of hydrogen-bond donors (Lipinski definition) is 0. The van der Waals surface area contributed by atoms with E-state index in [1.165, 1.54) is 0 Å². The van der Waals surface area contributed by atoms with Crippen LogP contribution in [0.3, 0.4) is 0 Å². The molecule has 2 aromatic rings. The number of piperidine rings is 1. The third-order valence-electron chi connectivity index (χ3n) is 5.89. The second-order valence-electron chi connectivity index (χ2n) is 7.79. The van der Waals surface area contributed by atoms with Gasteiger partial charge in [0, 0.05) is 46.7 Å². The molecule has 6 heteroatoms. The van der Waals surface area contributed by atoms with Crippen molar-refractivity contribution in [3.05, 3.63) is 68.1 Å².